The number of thioether (sulfide) groups is 1. The van der Waals surface area contributed by atoms with Crippen LogP contribution in [0.4, 0.5) is 0 Å². The summed E-state index contributed by atoms with van der Waals surface area (Å²) in [7, 11) is 0. The van der Waals surface area contributed by atoms with Gasteiger partial charge >= 0.3 is 17.9 Å². The van der Waals surface area contributed by atoms with E-state index in [1.54, 1.807) is 18.0 Å². The normalized spacial score (nSPS) is 14.1. The number of rotatable bonds is 10. The summed E-state index contributed by atoms with van der Waals surface area (Å²) in [5, 5.41) is 25.1. The number of hydrogen-bond donors (Lipinski definition) is 7. The van der Waals surface area contributed by atoms with Gasteiger partial charge in [0.2, 0.25) is 0 Å². The number of nitrogens with zero attached hydrogens (tertiary/aromatic N) is 1. The molecular formula is C17H33N5O6S. The number of imidazole rings is 1. The first kappa shape index (κ1) is 29.1. The molecule has 4 atom stereocenters. The van der Waals surface area contributed by atoms with Crippen LogP contribution in [0.25, 0.3) is 0 Å². The lowest BCUT2D eigenvalue weighted by Crippen LogP contribution is -2.36. The molecular weight excluding hydrogens is 402 g/mol. The molecule has 168 valence electrons. The van der Waals surface area contributed by atoms with Crippen molar-refractivity contribution in [2.45, 2.75) is 51.2 Å². The highest BCUT2D eigenvalue weighted by molar-refractivity contribution is 7.98. The second kappa shape index (κ2) is 16.8. The zero-order valence-electron chi connectivity index (χ0n) is 16.9. The van der Waals surface area contributed by atoms with Crippen molar-refractivity contribution in [2.75, 3.05) is 12.0 Å². The molecule has 29 heavy (non-hydrogen) atoms. The van der Waals surface area contributed by atoms with Crippen molar-refractivity contribution in [1.29, 1.82) is 0 Å². The van der Waals surface area contributed by atoms with E-state index in [0.29, 0.717) is 6.42 Å². The number of carboxylic acids is 3. The van der Waals surface area contributed by atoms with Gasteiger partial charge in [0.1, 0.15) is 18.1 Å². The molecule has 1 heterocycles. The maximum atomic E-state index is 10.3. The molecule has 0 amide bonds. The van der Waals surface area contributed by atoms with Crippen LogP contribution in [-0.2, 0) is 20.8 Å². The average molecular weight is 436 g/mol. The fraction of sp³-hybridized carbons (Fsp3) is 0.647. The number of aromatic nitrogens is 2. The smallest absolute Gasteiger partial charge is 0.320 e. The highest BCUT2D eigenvalue weighted by atomic mass is 32.2. The average Bonchev–Trinajstić information content (AvgIpc) is 3.18. The van der Waals surface area contributed by atoms with E-state index < -0.39 is 36.0 Å². The first-order chi connectivity index (χ1) is 13.5. The van der Waals surface area contributed by atoms with Gasteiger partial charge in [-0.1, -0.05) is 20.3 Å². The van der Waals surface area contributed by atoms with Gasteiger partial charge in [-0.15, -0.1) is 0 Å². The van der Waals surface area contributed by atoms with Crippen LogP contribution in [-0.4, -0.2) is 73.3 Å². The van der Waals surface area contributed by atoms with Crippen molar-refractivity contribution in [3.05, 3.63) is 18.2 Å². The molecule has 11 nitrogen and oxygen atoms in total. The molecule has 0 aliphatic carbocycles. The number of hydrogen-bond acceptors (Lipinski definition) is 8. The maximum Gasteiger partial charge on any atom is 0.320 e. The molecule has 0 saturated heterocycles. The molecule has 1 rings (SSSR count). The van der Waals surface area contributed by atoms with E-state index in [0.717, 1.165) is 17.9 Å². The summed E-state index contributed by atoms with van der Waals surface area (Å²) in [6.07, 6.45) is 6.63. The third-order valence-corrected chi connectivity index (χ3v) is 4.45. The first-order valence-electron chi connectivity index (χ1n) is 8.89. The van der Waals surface area contributed by atoms with Gasteiger partial charge in [0, 0.05) is 18.3 Å². The molecule has 1 aromatic heterocycles. The van der Waals surface area contributed by atoms with Crippen molar-refractivity contribution in [3.8, 4) is 0 Å². The summed E-state index contributed by atoms with van der Waals surface area (Å²) in [6.45, 7) is 3.76. The highest BCUT2D eigenvalue weighted by Gasteiger charge is 2.17. The lowest BCUT2D eigenvalue weighted by molar-refractivity contribution is -0.140. The lowest BCUT2D eigenvalue weighted by Gasteiger charge is -2.11. The number of H-pyrrole nitrogens is 1. The molecule has 4 unspecified atom stereocenters. The molecule has 0 spiro atoms. The number of nitrogens with two attached hydrogens (primary N) is 3. The molecule has 0 aliphatic rings. The molecule has 10 N–H and O–H groups in total. The Labute approximate surface area is 174 Å². The minimum Gasteiger partial charge on any atom is -0.480 e. The van der Waals surface area contributed by atoms with Crippen molar-refractivity contribution in [1.82, 2.24) is 9.97 Å². The molecule has 0 saturated carbocycles. The molecule has 0 fully saturated rings. The third-order valence-electron chi connectivity index (χ3n) is 3.80. The van der Waals surface area contributed by atoms with E-state index in [4.69, 9.17) is 32.5 Å². The second-order valence-corrected chi connectivity index (χ2v) is 7.19. The highest BCUT2D eigenvalue weighted by Crippen LogP contribution is 2.04. The van der Waals surface area contributed by atoms with Crippen LogP contribution in [0.3, 0.4) is 0 Å². The number of carbonyl (C=O) groups is 3. The van der Waals surface area contributed by atoms with E-state index >= 15 is 0 Å². The van der Waals surface area contributed by atoms with Gasteiger partial charge in [-0.05, 0) is 24.3 Å². The zero-order chi connectivity index (χ0) is 23.0. The fourth-order valence-corrected chi connectivity index (χ4v) is 2.08. The number of aliphatic carboxylic acids is 3. The van der Waals surface area contributed by atoms with Crippen molar-refractivity contribution >= 4 is 29.7 Å². The van der Waals surface area contributed by atoms with Crippen LogP contribution >= 0.6 is 11.8 Å². The summed E-state index contributed by atoms with van der Waals surface area (Å²) in [6, 6.07) is -2.23. The van der Waals surface area contributed by atoms with Crippen LogP contribution < -0.4 is 17.2 Å². The van der Waals surface area contributed by atoms with E-state index in [1.165, 1.54) is 6.33 Å². The summed E-state index contributed by atoms with van der Waals surface area (Å²) in [5.41, 5.74) is 16.5. The van der Waals surface area contributed by atoms with E-state index in [9.17, 15) is 14.4 Å². The van der Waals surface area contributed by atoms with Gasteiger partial charge in [-0.3, -0.25) is 14.4 Å². The molecule has 0 aliphatic heterocycles. The standard InChI is InChI=1S/C6H9N3O2.C6H13NO2.C5H11NO2S/c7-5(6(10)11)1-4-2-8-3-9-4;1-3-4(2)5(7)6(8)9;1-9-3-2-4(6)5(7)8/h2-3,5H,1,7H2,(H,8,9)(H,10,11);4-5H,3,7H2,1-2H3,(H,8,9);4H,2-3,6H2,1H3,(H,7,8). The lowest BCUT2D eigenvalue weighted by atomic mass is 10.0. The van der Waals surface area contributed by atoms with Crippen LogP contribution in [0.5, 0.6) is 0 Å². The Balaban J connectivity index is 0. The fourth-order valence-electron chi connectivity index (χ4n) is 1.59. The summed E-state index contributed by atoms with van der Waals surface area (Å²) in [5.74, 6) is -1.94. The predicted octanol–water partition coefficient (Wildman–Crippen LogP) is -0.0401. The Kier molecular flexibility index (Phi) is 16.8. The quantitative estimate of drug-likeness (QED) is 0.258. The van der Waals surface area contributed by atoms with E-state index in [-0.39, 0.29) is 12.3 Å². The minimum atomic E-state index is -1.00. The summed E-state index contributed by atoms with van der Waals surface area (Å²) >= 11 is 1.60. The van der Waals surface area contributed by atoms with Crippen LogP contribution in [0, 0.1) is 5.92 Å². The Morgan fingerprint density at radius 1 is 1.10 bits per heavy atom. The van der Waals surface area contributed by atoms with Crippen molar-refractivity contribution < 1.29 is 29.7 Å². The number of aromatic amines is 1. The Morgan fingerprint density at radius 3 is 1.97 bits per heavy atom. The number of nitrogens with one attached hydrogen (secondary N) is 1. The molecule has 1 aromatic rings. The zero-order valence-corrected chi connectivity index (χ0v) is 17.8. The molecule has 12 heteroatoms. The van der Waals surface area contributed by atoms with Crippen molar-refractivity contribution in [3.63, 3.8) is 0 Å². The van der Waals surface area contributed by atoms with Gasteiger partial charge in [0.05, 0.1) is 6.33 Å². The Bertz CT molecular complexity index is 587. The van der Waals surface area contributed by atoms with Gasteiger partial charge in [-0.25, -0.2) is 4.98 Å². The summed E-state index contributed by atoms with van der Waals surface area (Å²) in [4.78, 5) is 37.0. The number of carboxylic acid groups (broad SMARTS) is 3. The SMILES string of the molecule is CCC(C)C(N)C(=O)O.CSCCC(N)C(=O)O.NC(Cc1cnc[nH]1)C(=O)O. The maximum absolute atomic E-state index is 10.3. The van der Waals surface area contributed by atoms with Crippen molar-refractivity contribution in [2.24, 2.45) is 23.1 Å². The van der Waals surface area contributed by atoms with Gasteiger partial charge in [0.25, 0.3) is 0 Å². The van der Waals surface area contributed by atoms with Crippen LogP contribution in [0.15, 0.2) is 12.5 Å². The predicted molar refractivity (Wildman–Crippen MR) is 112 cm³/mol. The minimum absolute atomic E-state index is 0.0718. The molecule has 0 aromatic carbocycles. The summed E-state index contributed by atoms with van der Waals surface area (Å²) < 4.78 is 0. The largest absolute Gasteiger partial charge is 0.480 e. The monoisotopic (exact) mass is 435 g/mol. The van der Waals surface area contributed by atoms with Crippen LogP contribution in [0.2, 0.25) is 0 Å². The second-order valence-electron chi connectivity index (χ2n) is 6.20. The van der Waals surface area contributed by atoms with Gasteiger partial charge < -0.3 is 37.5 Å². The third kappa shape index (κ3) is 15.4. The Hall–Kier alpha value is -2.15. The van der Waals surface area contributed by atoms with E-state index in [1.807, 2.05) is 20.1 Å². The molecule has 0 bridgehead atoms. The van der Waals surface area contributed by atoms with Crippen LogP contribution in [0.1, 0.15) is 32.4 Å². The Morgan fingerprint density at radius 2 is 1.66 bits per heavy atom. The first-order valence-corrected chi connectivity index (χ1v) is 10.3. The van der Waals surface area contributed by atoms with Gasteiger partial charge in [0.15, 0.2) is 0 Å². The topological polar surface area (TPSA) is 219 Å². The molecule has 0 radical (unpaired) electrons. The van der Waals surface area contributed by atoms with Gasteiger partial charge in [-0.2, -0.15) is 11.8 Å². The van der Waals surface area contributed by atoms with E-state index in [2.05, 4.69) is 9.97 Å².